The molecule has 4 nitrogen and oxygen atoms in total. The van der Waals surface area contributed by atoms with E-state index in [0.717, 1.165) is 11.3 Å². The Morgan fingerprint density at radius 2 is 2.05 bits per heavy atom. The first-order valence-electron chi connectivity index (χ1n) is 6.07. The fraction of sp³-hybridized carbons (Fsp3) is 0.286. The van der Waals surface area contributed by atoms with Crippen LogP contribution in [0.1, 0.15) is 18.1 Å². The average Bonchev–Trinajstić information content (AvgIpc) is 2.81. The molecule has 108 valence electrons. The third-order valence-corrected chi connectivity index (χ3v) is 3.71. The topological polar surface area (TPSA) is 68.0 Å². The zero-order valence-corrected chi connectivity index (χ0v) is 13.3. The van der Waals surface area contributed by atoms with Gasteiger partial charge in [0.05, 0.1) is 11.7 Å². The summed E-state index contributed by atoms with van der Waals surface area (Å²) in [7, 11) is 0. The largest absolute Gasteiger partial charge is 0.320 e. The number of nitrogens with one attached hydrogen (secondary N) is 1. The highest BCUT2D eigenvalue weighted by Gasteiger charge is 2.11. The fourth-order valence-corrected chi connectivity index (χ4v) is 2.31. The second kappa shape index (κ2) is 6.83. The van der Waals surface area contributed by atoms with Crippen LogP contribution in [0.5, 0.6) is 0 Å². The second-order valence-electron chi connectivity index (χ2n) is 4.61. The van der Waals surface area contributed by atoms with Gasteiger partial charge in [0.1, 0.15) is 0 Å². The third kappa shape index (κ3) is 3.79. The van der Waals surface area contributed by atoms with Gasteiger partial charge in [-0.1, -0.05) is 12.1 Å². The number of aryl methyl sites for hydroxylation is 2. The Kier molecular flexibility index (Phi) is 5.68. The molecule has 0 bridgehead atoms. The van der Waals surface area contributed by atoms with E-state index in [2.05, 4.69) is 36.3 Å². The molecule has 0 fully saturated rings. The standard InChI is InChI=1S/C14H17N3OS.ClH/c1-8-4-5-11(6-9(8)2)12-7-19-14(16-12)17-13(18)10(3)15;/h4-7,10H,15H2,1-3H3,(H,16,17,18);1H. The number of rotatable bonds is 3. The molecule has 0 aliphatic rings. The van der Waals surface area contributed by atoms with Crippen molar-refractivity contribution in [2.75, 3.05) is 5.32 Å². The van der Waals surface area contributed by atoms with Crippen LogP contribution in [0.15, 0.2) is 23.6 Å². The molecule has 6 heteroatoms. The number of hydrogen-bond donors (Lipinski definition) is 2. The van der Waals surface area contributed by atoms with Crippen molar-refractivity contribution in [3.05, 3.63) is 34.7 Å². The molecular formula is C14H18ClN3OS. The predicted octanol–water partition coefficient (Wildman–Crippen LogP) is 3.13. The first-order chi connectivity index (χ1) is 8.97. The molecule has 1 heterocycles. The SMILES string of the molecule is Cc1ccc(-c2csc(NC(=O)C(C)N)n2)cc1C.Cl. The minimum atomic E-state index is -0.533. The van der Waals surface area contributed by atoms with E-state index in [0.29, 0.717) is 5.13 Å². The molecule has 1 unspecified atom stereocenters. The van der Waals surface area contributed by atoms with Crippen LogP contribution >= 0.6 is 23.7 Å². The van der Waals surface area contributed by atoms with Crippen LogP contribution < -0.4 is 11.1 Å². The quantitative estimate of drug-likeness (QED) is 0.915. The smallest absolute Gasteiger partial charge is 0.242 e. The van der Waals surface area contributed by atoms with Gasteiger partial charge in [-0.2, -0.15) is 0 Å². The molecule has 2 aromatic rings. The molecular weight excluding hydrogens is 294 g/mol. The molecule has 20 heavy (non-hydrogen) atoms. The van der Waals surface area contributed by atoms with Gasteiger partial charge in [-0.3, -0.25) is 4.79 Å². The Morgan fingerprint density at radius 1 is 1.35 bits per heavy atom. The molecule has 0 aliphatic carbocycles. The summed E-state index contributed by atoms with van der Waals surface area (Å²) in [6.07, 6.45) is 0. The molecule has 1 atom stereocenters. The Balaban J connectivity index is 0.00000200. The maximum Gasteiger partial charge on any atom is 0.242 e. The summed E-state index contributed by atoms with van der Waals surface area (Å²) in [6, 6.07) is 5.68. The number of thiazole rings is 1. The molecule has 0 spiro atoms. The van der Waals surface area contributed by atoms with Crippen molar-refractivity contribution in [1.29, 1.82) is 0 Å². The molecule has 0 radical (unpaired) electrons. The minimum absolute atomic E-state index is 0. The van der Waals surface area contributed by atoms with E-state index in [9.17, 15) is 4.79 Å². The summed E-state index contributed by atoms with van der Waals surface area (Å²) in [6.45, 7) is 5.80. The molecule has 2 rings (SSSR count). The number of nitrogens with two attached hydrogens (primary N) is 1. The summed E-state index contributed by atoms with van der Waals surface area (Å²) in [5.74, 6) is -0.221. The van der Waals surface area contributed by atoms with Gasteiger partial charge in [0.15, 0.2) is 5.13 Å². The lowest BCUT2D eigenvalue weighted by Gasteiger charge is -2.04. The van der Waals surface area contributed by atoms with Crippen molar-refractivity contribution in [3.8, 4) is 11.3 Å². The number of halogens is 1. The van der Waals surface area contributed by atoms with Crippen molar-refractivity contribution in [3.63, 3.8) is 0 Å². The van der Waals surface area contributed by atoms with Gasteiger partial charge in [0.2, 0.25) is 5.91 Å². The Hall–Kier alpha value is -1.43. The summed E-state index contributed by atoms with van der Waals surface area (Å²) >= 11 is 1.40. The van der Waals surface area contributed by atoms with Crippen molar-refractivity contribution in [1.82, 2.24) is 4.98 Å². The molecule has 0 saturated carbocycles. The third-order valence-electron chi connectivity index (χ3n) is 2.95. The highest BCUT2D eigenvalue weighted by molar-refractivity contribution is 7.14. The van der Waals surface area contributed by atoms with Crippen LogP contribution in [0.2, 0.25) is 0 Å². The van der Waals surface area contributed by atoms with Gasteiger partial charge in [-0.25, -0.2) is 4.98 Å². The molecule has 1 aromatic heterocycles. The minimum Gasteiger partial charge on any atom is -0.320 e. The fourth-order valence-electron chi connectivity index (χ4n) is 1.58. The maximum atomic E-state index is 11.5. The molecule has 1 amide bonds. The monoisotopic (exact) mass is 311 g/mol. The van der Waals surface area contributed by atoms with Crippen LogP contribution in [0.4, 0.5) is 5.13 Å². The van der Waals surface area contributed by atoms with Crippen molar-refractivity contribution >= 4 is 34.8 Å². The first kappa shape index (κ1) is 16.6. The Bertz CT molecular complexity index is 610. The van der Waals surface area contributed by atoms with Gasteiger partial charge in [0, 0.05) is 10.9 Å². The Labute approximate surface area is 128 Å². The summed E-state index contributed by atoms with van der Waals surface area (Å²) in [5.41, 5.74) is 9.91. The van der Waals surface area contributed by atoms with E-state index in [-0.39, 0.29) is 18.3 Å². The van der Waals surface area contributed by atoms with Gasteiger partial charge < -0.3 is 11.1 Å². The molecule has 3 N–H and O–H groups in total. The summed E-state index contributed by atoms with van der Waals surface area (Å²) in [5, 5.41) is 5.21. The van der Waals surface area contributed by atoms with Gasteiger partial charge >= 0.3 is 0 Å². The lowest BCUT2D eigenvalue weighted by molar-refractivity contribution is -0.117. The van der Waals surface area contributed by atoms with Crippen molar-refractivity contribution in [2.45, 2.75) is 26.8 Å². The number of aromatic nitrogens is 1. The first-order valence-corrected chi connectivity index (χ1v) is 6.95. The van der Waals surface area contributed by atoms with Gasteiger partial charge in [0.25, 0.3) is 0 Å². The highest BCUT2D eigenvalue weighted by Crippen LogP contribution is 2.26. The van der Waals surface area contributed by atoms with Crippen LogP contribution in [0.3, 0.4) is 0 Å². The number of carbonyl (C=O) groups is 1. The number of benzene rings is 1. The molecule has 0 saturated heterocycles. The van der Waals surface area contributed by atoms with E-state index in [1.54, 1.807) is 6.92 Å². The number of hydrogen-bond acceptors (Lipinski definition) is 4. The van der Waals surface area contributed by atoms with E-state index >= 15 is 0 Å². The van der Waals surface area contributed by atoms with Crippen molar-refractivity contribution in [2.24, 2.45) is 5.73 Å². The van der Waals surface area contributed by atoms with Crippen LogP contribution in [0, 0.1) is 13.8 Å². The number of amides is 1. The highest BCUT2D eigenvalue weighted by atomic mass is 35.5. The molecule has 1 aromatic carbocycles. The average molecular weight is 312 g/mol. The van der Waals surface area contributed by atoms with Gasteiger partial charge in [-0.05, 0) is 38.0 Å². The van der Waals surface area contributed by atoms with Crippen LogP contribution in [0.25, 0.3) is 11.3 Å². The van der Waals surface area contributed by atoms with E-state index < -0.39 is 6.04 Å². The van der Waals surface area contributed by atoms with Crippen molar-refractivity contribution < 1.29 is 4.79 Å². The predicted molar refractivity (Wildman–Crippen MR) is 86.6 cm³/mol. The summed E-state index contributed by atoms with van der Waals surface area (Å²) < 4.78 is 0. The Morgan fingerprint density at radius 3 is 2.65 bits per heavy atom. The number of nitrogens with zero attached hydrogens (tertiary/aromatic N) is 1. The summed E-state index contributed by atoms with van der Waals surface area (Å²) in [4.78, 5) is 15.9. The molecule has 0 aliphatic heterocycles. The number of carbonyl (C=O) groups excluding carboxylic acids is 1. The lowest BCUT2D eigenvalue weighted by Crippen LogP contribution is -2.32. The van der Waals surface area contributed by atoms with E-state index in [1.165, 1.54) is 22.5 Å². The lowest BCUT2D eigenvalue weighted by atomic mass is 10.1. The van der Waals surface area contributed by atoms with Crippen LogP contribution in [-0.2, 0) is 4.79 Å². The van der Waals surface area contributed by atoms with Crippen LogP contribution in [-0.4, -0.2) is 16.9 Å². The van der Waals surface area contributed by atoms with E-state index in [4.69, 9.17) is 5.73 Å². The van der Waals surface area contributed by atoms with Gasteiger partial charge in [-0.15, -0.1) is 23.7 Å². The van der Waals surface area contributed by atoms with E-state index in [1.807, 2.05) is 11.4 Å². The zero-order valence-electron chi connectivity index (χ0n) is 11.6. The zero-order chi connectivity index (χ0) is 14.0. The maximum absolute atomic E-state index is 11.5. The second-order valence-corrected chi connectivity index (χ2v) is 5.47. The normalized spacial score (nSPS) is 11.6. The number of anilines is 1.